The lowest BCUT2D eigenvalue weighted by Gasteiger charge is -2.04. The highest BCUT2D eigenvalue weighted by atomic mass is 16.5. The van der Waals surface area contributed by atoms with E-state index in [4.69, 9.17) is 9.15 Å². The summed E-state index contributed by atoms with van der Waals surface area (Å²) in [5.41, 5.74) is 1.15. The number of aryl methyl sites for hydroxylation is 1. The van der Waals surface area contributed by atoms with Gasteiger partial charge in [0.2, 0.25) is 11.9 Å². The monoisotopic (exact) mass is 313 g/mol. The van der Waals surface area contributed by atoms with Crippen molar-refractivity contribution in [1.29, 1.82) is 0 Å². The smallest absolute Gasteiger partial charge is 0.293 e. The quantitative estimate of drug-likeness (QED) is 0.892. The van der Waals surface area contributed by atoms with E-state index >= 15 is 0 Å². The van der Waals surface area contributed by atoms with Crippen molar-refractivity contribution in [2.45, 2.75) is 13.5 Å². The number of benzene rings is 1. The molecule has 118 valence electrons. The number of hydrogen-bond donors (Lipinski definition) is 2. The summed E-state index contributed by atoms with van der Waals surface area (Å²) in [6.45, 7) is 2.23. The Morgan fingerprint density at radius 1 is 1.30 bits per heavy atom. The minimum Gasteiger partial charge on any atom is -0.486 e. The van der Waals surface area contributed by atoms with E-state index < -0.39 is 5.91 Å². The van der Waals surface area contributed by atoms with Crippen LogP contribution in [0.1, 0.15) is 21.9 Å². The van der Waals surface area contributed by atoms with Crippen molar-refractivity contribution < 1.29 is 18.7 Å². The second-order valence-electron chi connectivity index (χ2n) is 5.03. The predicted molar refractivity (Wildman–Crippen MR) is 82.1 cm³/mol. The molecule has 0 saturated carbocycles. The van der Waals surface area contributed by atoms with Crippen molar-refractivity contribution in [3.05, 3.63) is 53.5 Å². The summed E-state index contributed by atoms with van der Waals surface area (Å²) in [6.07, 6.45) is 0. The van der Waals surface area contributed by atoms with Crippen LogP contribution in [0.5, 0.6) is 5.75 Å². The molecular formula is C16H15N3O4. The molecule has 1 aliphatic rings. The first-order valence-electron chi connectivity index (χ1n) is 7.04. The van der Waals surface area contributed by atoms with Gasteiger partial charge in [0.25, 0.3) is 5.91 Å². The lowest BCUT2D eigenvalue weighted by atomic mass is 10.2. The second-order valence-corrected chi connectivity index (χ2v) is 5.03. The molecule has 0 aliphatic carbocycles. The molecule has 2 aromatic rings. The number of carbonyl (C=O) groups is 2. The highest BCUT2D eigenvalue weighted by Gasteiger charge is 2.18. The van der Waals surface area contributed by atoms with Crippen LogP contribution in [0.15, 0.2) is 45.8 Å². The fourth-order valence-electron chi connectivity index (χ4n) is 1.97. The van der Waals surface area contributed by atoms with Crippen molar-refractivity contribution in [2.75, 3.05) is 6.54 Å². The Hall–Kier alpha value is -3.09. The van der Waals surface area contributed by atoms with E-state index in [1.54, 1.807) is 12.1 Å². The van der Waals surface area contributed by atoms with Gasteiger partial charge in [0.1, 0.15) is 24.7 Å². The molecule has 3 rings (SSSR count). The van der Waals surface area contributed by atoms with E-state index in [1.165, 1.54) is 0 Å². The molecule has 1 aromatic heterocycles. The summed E-state index contributed by atoms with van der Waals surface area (Å²) in [5, 5.41) is 4.89. The van der Waals surface area contributed by atoms with Crippen LogP contribution in [0.4, 0.5) is 0 Å². The lowest BCUT2D eigenvalue weighted by Crippen LogP contribution is -2.39. The Labute approximate surface area is 132 Å². The summed E-state index contributed by atoms with van der Waals surface area (Å²) in [5.74, 6) is 0.763. The van der Waals surface area contributed by atoms with Gasteiger partial charge >= 0.3 is 0 Å². The zero-order valence-corrected chi connectivity index (χ0v) is 12.5. The van der Waals surface area contributed by atoms with E-state index in [0.717, 1.165) is 11.3 Å². The van der Waals surface area contributed by atoms with E-state index in [0.29, 0.717) is 5.76 Å². The van der Waals surface area contributed by atoms with Gasteiger partial charge in [-0.05, 0) is 31.2 Å². The molecule has 0 fully saturated rings. The summed E-state index contributed by atoms with van der Waals surface area (Å²) in [7, 11) is 0. The van der Waals surface area contributed by atoms with Crippen LogP contribution in [-0.2, 0) is 11.4 Å². The van der Waals surface area contributed by atoms with Crippen molar-refractivity contribution in [3.63, 3.8) is 0 Å². The molecule has 0 saturated heterocycles. The first-order valence-corrected chi connectivity index (χ1v) is 7.04. The molecule has 0 unspecified atom stereocenters. The third kappa shape index (κ3) is 3.76. The molecule has 1 aliphatic heterocycles. The number of amides is 2. The van der Waals surface area contributed by atoms with Crippen molar-refractivity contribution in [3.8, 4) is 5.75 Å². The number of aliphatic imine (C=N–C) groups is 1. The van der Waals surface area contributed by atoms with Crippen LogP contribution in [0, 0.1) is 6.92 Å². The lowest BCUT2D eigenvalue weighted by molar-refractivity contribution is -0.117. The molecule has 7 heteroatoms. The van der Waals surface area contributed by atoms with Gasteiger partial charge in [-0.3, -0.25) is 20.2 Å². The van der Waals surface area contributed by atoms with Crippen LogP contribution in [0.2, 0.25) is 0 Å². The molecule has 0 atom stereocenters. The van der Waals surface area contributed by atoms with Crippen LogP contribution in [0.3, 0.4) is 0 Å². The SMILES string of the molecule is Cc1ccc(OCc2ccc(C(=O)NC3=NCC(=O)N3)o2)cc1. The van der Waals surface area contributed by atoms with Crippen LogP contribution in [-0.4, -0.2) is 24.3 Å². The molecule has 2 heterocycles. The Morgan fingerprint density at radius 2 is 2.09 bits per heavy atom. The molecule has 2 amide bonds. The molecule has 2 N–H and O–H groups in total. The zero-order valence-electron chi connectivity index (χ0n) is 12.5. The Morgan fingerprint density at radius 3 is 2.78 bits per heavy atom. The van der Waals surface area contributed by atoms with Crippen LogP contribution >= 0.6 is 0 Å². The molecule has 23 heavy (non-hydrogen) atoms. The number of guanidine groups is 1. The fraction of sp³-hybridized carbons (Fsp3) is 0.188. The molecule has 7 nitrogen and oxygen atoms in total. The molecule has 0 bridgehead atoms. The van der Waals surface area contributed by atoms with Gasteiger partial charge in [-0.15, -0.1) is 0 Å². The van der Waals surface area contributed by atoms with Gasteiger partial charge in [-0.2, -0.15) is 0 Å². The summed E-state index contributed by atoms with van der Waals surface area (Å²) in [4.78, 5) is 26.8. The maximum absolute atomic E-state index is 12.0. The average Bonchev–Trinajstić information content (AvgIpc) is 3.16. The van der Waals surface area contributed by atoms with Crippen molar-refractivity contribution >= 4 is 17.8 Å². The van der Waals surface area contributed by atoms with Crippen molar-refractivity contribution in [2.24, 2.45) is 4.99 Å². The van der Waals surface area contributed by atoms with Gasteiger partial charge in [0.05, 0.1) is 0 Å². The van der Waals surface area contributed by atoms with Crippen LogP contribution < -0.4 is 15.4 Å². The number of ether oxygens (including phenoxy) is 1. The Bertz CT molecular complexity index is 762. The Kier molecular flexibility index (Phi) is 4.09. The first kappa shape index (κ1) is 14.8. The predicted octanol–water partition coefficient (Wildman–Crippen LogP) is 1.38. The summed E-state index contributed by atoms with van der Waals surface area (Å²) >= 11 is 0. The highest BCUT2D eigenvalue weighted by Crippen LogP contribution is 2.15. The van der Waals surface area contributed by atoms with Gasteiger partial charge < -0.3 is 9.15 Å². The third-order valence-corrected chi connectivity index (χ3v) is 3.16. The van der Waals surface area contributed by atoms with Gasteiger partial charge in [-0.25, -0.2) is 4.99 Å². The van der Waals surface area contributed by atoms with Crippen LogP contribution in [0.25, 0.3) is 0 Å². The number of hydrogen-bond acceptors (Lipinski definition) is 5. The second kappa shape index (κ2) is 6.35. The first-order chi connectivity index (χ1) is 11.1. The molecular weight excluding hydrogens is 298 g/mol. The minimum atomic E-state index is -0.479. The number of rotatable bonds is 4. The van der Waals surface area contributed by atoms with Crippen molar-refractivity contribution in [1.82, 2.24) is 10.6 Å². The normalized spacial score (nSPS) is 13.4. The standard InChI is InChI=1S/C16H15N3O4/c1-10-2-4-11(5-3-10)22-9-12-6-7-13(23-12)15(21)19-16-17-8-14(20)18-16/h2-7H,8-9H2,1H3,(H2,17,18,19,20,21). The largest absolute Gasteiger partial charge is 0.486 e. The molecule has 1 aromatic carbocycles. The Balaban J connectivity index is 1.56. The number of nitrogens with zero attached hydrogens (tertiary/aromatic N) is 1. The van der Waals surface area contributed by atoms with Gasteiger partial charge in [0, 0.05) is 0 Å². The van der Waals surface area contributed by atoms with E-state index in [9.17, 15) is 9.59 Å². The highest BCUT2D eigenvalue weighted by molar-refractivity contribution is 6.11. The van der Waals surface area contributed by atoms with E-state index in [-0.39, 0.29) is 30.8 Å². The van der Waals surface area contributed by atoms with E-state index in [2.05, 4.69) is 15.6 Å². The summed E-state index contributed by atoms with van der Waals surface area (Å²) < 4.78 is 11.0. The minimum absolute atomic E-state index is 0.0173. The molecule has 0 spiro atoms. The fourth-order valence-corrected chi connectivity index (χ4v) is 1.97. The topological polar surface area (TPSA) is 92.9 Å². The third-order valence-electron chi connectivity index (χ3n) is 3.16. The summed E-state index contributed by atoms with van der Waals surface area (Å²) in [6, 6.07) is 10.8. The number of furan rings is 1. The van der Waals surface area contributed by atoms with Gasteiger partial charge in [-0.1, -0.05) is 17.7 Å². The molecule has 0 radical (unpaired) electrons. The maximum Gasteiger partial charge on any atom is 0.293 e. The maximum atomic E-state index is 12.0. The number of carbonyl (C=O) groups excluding carboxylic acids is 2. The number of nitrogens with one attached hydrogen (secondary N) is 2. The average molecular weight is 313 g/mol. The zero-order chi connectivity index (χ0) is 16.2. The van der Waals surface area contributed by atoms with E-state index in [1.807, 2.05) is 31.2 Å². The van der Waals surface area contributed by atoms with Gasteiger partial charge in [0.15, 0.2) is 5.76 Å².